The quantitative estimate of drug-likeness (QED) is 0.315. The molecular formula is C22H34O3. The van der Waals surface area contributed by atoms with E-state index in [0.29, 0.717) is 0 Å². The summed E-state index contributed by atoms with van der Waals surface area (Å²) in [6.07, 6.45) is 16.5. The van der Waals surface area contributed by atoms with Crippen LogP contribution in [0.2, 0.25) is 0 Å². The lowest BCUT2D eigenvalue weighted by atomic mass is 9.92. The number of carboxylic acids is 1. The number of rotatable bonds is 14. The molecule has 0 aromatic heterocycles. The number of hydrogen-bond acceptors (Lipinski definition) is 2. The van der Waals surface area contributed by atoms with Crippen molar-refractivity contribution < 1.29 is 15.0 Å². The molecule has 0 unspecified atom stereocenters. The van der Waals surface area contributed by atoms with Crippen molar-refractivity contribution in [2.45, 2.75) is 77.6 Å². The van der Waals surface area contributed by atoms with E-state index in [-0.39, 0.29) is 11.7 Å². The summed E-state index contributed by atoms with van der Waals surface area (Å²) in [4.78, 5) is 10.8. The highest BCUT2D eigenvalue weighted by atomic mass is 16.4. The number of carboxylic acid groups (broad SMARTS) is 1. The molecule has 25 heavy (non-hydrogen) atoms. The van der Waals surface area contributed by atoms with Crippen molar-refractivity contribution in [1.29, 1.82) is 0 Å². The maximum atomic E-state index is 10.8. The molecule has 0 aliphatic rings. The maximum absolute atomic E-state index is 10.8. The Morgan fingerprint density at radius 3 is 2.28 bits per heavy atom. The molecule has 1 aromatic carbocycles. The van der Waals surface area contributed by atoms with Crippen LogP contribution in [0.25, 0.3) is 0 Å². The van der Waals surface area contributed by atoms with Crippen molar-refractivity contribution in [3.8, 4) is 5.75 Å². The number of hydrogen-bond donors (Lipinski definition) is 2. The van der Waals surface area contributed by atoms with E-state index >= 15 is 0 Å². The van der Waals surface area contributed by atoms with Crippen molar-refractivity contribution >= 4 is 5.97 Å². The topological polar surface area (TPSA) is 57.5 Å². The van der Waals surface area contributed by atoms with Gasteiger partial charge in [-0.25, -0.2) is 4.79 Å². The fraction of sp³-hybridized carbons (Fsp3) is 0.591. The van der Waals surface area contributed by atoms with Crippen LogP contribution in [0.1, 0.15) is 76.7 Å². The summed E-state index contributed by atoms with van der Waals surface area (Å²) in [6.45, 7) is 2.24. The third kappa shape index (κ3) is 11.4. The molecule has 0 aliphatic heterocycles. The summed E-state index contributed by atoms with van der Waals surface area (Å²) in [5, 5.41) is 18.5. The van der Waals surface area contributed by atoms with Gasteiger partial charge in [-0.3, -0.25) is 0 Å². The third-order valence-corrected chi connectivity index (χ3v) is 4.60. The minimum atomic E-state index is -0.895. The Hall–Kier alpha value is -1.77. The summed E-state index contributed by atoms with van der Waals surface area (Å²) in [5.74, 6) is -0.419. The first-order chi connectivity index (χ1) is 12.1. The number of carbonyl (C=O) groups is 1. The lowest BCUT2D eigenvalue weighted by molar-refractivity contribution is -0.131. The van der Waals surface area contributed by atoms with E-state index in [4.69, 9.17) is 5.11 Å². The van der Waals surface area contributed by atoms with Crippen molar-refractivity contribution in [1.82, 2.24) is 0 Å². The molecular weight excluding hydrogens is 312 g/mol. The van der Waals surface area contributed by atoms with Gasteiger partial charge in [-0.1, -0.05) is 82.9 Å². The Labute approximate surface area is 152 Å². The van der Waals surface area contributed by atoms with Gasteiger partial charge in [-0.2, -0.15) is 0 Å². The number of unbranched alkanes of at least 4 members (excludes halogenated alkanes) is 8. The minimum Gasteiger partial charge on any atom is -0.508 e. The summed E-state index contributed by atoms with van der Waals surface area (Å²) >= 11 is 0. The van der Waals surface area contributed by atoms with Crippen LogP contribution in [0.15, 0.2) is 36.4 Å². The van der Waals surface area contributed by atoms with E-state index in [9.17, 15) is 9.90 Å². The van der Waals surface area contributed by atoms with E-state index < -0.39 is 5.97 Å². The monoisotopic (exact) mass is 346 g/mol. The molecule has 0 heterocycles. The van der Waals surface area contributed by atoms with Gasteiger partial charge in [-0.15, -0.1) is 0 Å². The van der Waals surface area contributed by atoms with Gasteiger partial charge in [0.25, 0.3) is 0 Å². The number of phenols is 1. The smallest absolute Gasteiger partial charge is 0.327 e. The van der Waals surface area contributed by atoms with Crippen LogP contribution in [0.3, 0.4) is 0 Å². The molecule has 1 aromatic rings. The second-order valence-electron chi connectivity index (χ2n) is 6.95. The molecule has 1 rings (SSSR count). The van der Waals surface area contributed by atoms with Gasteiger partial charge in [0.1, 0.15) is 5.75 Å². The number of allylic oxidation sites excluding steroid dienone is 1. The molecule has 1 atom stereocenters. The van der Waals surface area contributed by atoms with E-state index in [1.165, 1.54) is 57.4 Å². The van der Waals surface area contributed by atoms with Gasteiger partial charge in [0.05, 0.1) is 0 Å². The molecule has 0 saturated carbocycles. The molecule has 0 aliphatic carbocycles. The summed E-state index contributed by atoms with van der Waals surface area (Å²) < 4.78 is 0. The van der Waals surface area contributed by atoms with Crippen LogP contribution in [0.5, 0.6) is 5.75 Å². The molecule has 0 amide bonds. The SMILES string of the molecule is CCCCCCCCCCC[C@H](/C=C/C(=O)O)Cc1cccc(O)c1. The first kappa shape index (κ1) is 21.3. The average Bonchev–Trinajstić information content (AvgIpc) is 2.58. The summed E-state index contributed by atoms with van der Waals surface area (Å²) in [6, 6.07) is 7.24. The molecule has 0 saturated heterocycles. The van der Waals surface area contributed by atoms with E-state index in [1.807, 2.05) is 12.1 Å². The van der Waals surface area contributed by atoms with Gasteiger partial charge < -0.3 is 10.2 Å². The second kappa shape index (κ2) is 13.5. The fourth-order valence-electron chi connectivity index (χ4n) is 3.19. The van der Waals surface area contributed by atoms with E-state index in [2.05, 4.69) is 6.92 Å². The Balaban J connectivity index is 2.30. The lowest BCUT2D eigenvalue weighted by Gasteiger charge is -2.13. The zero-order valence-corrected chi connectivity index (χ0v) is 15.6. The van der Waals surface area contributed by atoms with Crippen LogP contribution < -0.4 is 0 Å². The minimum absolute atomic E-state index is 0.211. The summed E-state index contributed by atoms with van der Waals surface area (Å²) in [5.41, 5.74) is 1.05. The van der Waals surface area contributed by atoms with Crippen molar-refractivity contribution in [3.05, 3.63) is 42.0 Å². The average molecular weight is 347 g/mol. The highest BCUT2D eigenvalue weighted by Gasteiger charge is 2.08. The van der Waals surface area contributed by atoms with Gasteiger partial charge in [-0.05, 0) is 36.5 Å². The molecule has 0 radical (unpaired) electrons. The summed E-state index contributed by atoms with van der Waals surface area (Å²) in [7, 11) is 0. The third-order valence-electron chi connectivity index (χ3n) is 4.60. The fourth-order valence-corrected chi connectivity index (χ4v) is 3.19. The molecule has 140 valence electrons. The molecule has 0 bridgehead atoms. The first-order valence-corrected chi connectivity index (χ1v) is 9.81. The Morgan fingerprint density at radius 2 is 1.68 bits per heavy atom. The van der Waals surface area contributed by atoms with E-state index in [0.717, 1.165) is 24.8 Å². The Kier molecular flexibility index (Phi) is 11.5. The maximum Gasteiger partial charge on any atom is 0.327 e. The number of benzene rings is 1. The van der Waals surface area contributed by atoms with Crippen LogP contribution in [-0.2, 0) is 11.2 Å². The molecule has 0 fully saturated rings. The standard InChI is InChI=1S/C22H34O3/c1-2-3-4-5-6-7-8-9-10-12-19(15-16-22(24)25)17-20-13-11-14-21(23)18-20/h11,13-16,18-19,23H,2-10,12,17H2,1H3,(H,24,25)/b16-15+/t19-/m1/s1. The van der Waals surface area contributed by atoms with Gasteiger partial charge in [0.15, 0.2) is 0 Å². The second-order valence-corrected chi connectivity index (χ2v) is 6.95. The van der Waals surface area contributed by atoms with Crippen LogP contribution in [0, 0.1) is 5.92 Å². The van der Waals surface area contributed by atoms with Gasteiger partial charge in [0.2, 0.25) is 0 Å². The molecule has 0 spiro atoms. The van der Waals surface area contributed by atoms with Gasteiger partial charge in [0, 0.05) is 6.08 Å². The molecule has 2 N–H and O–H groups in total. The zero-order valence-electron chi connectivity index (χ0n) is 15.6. The van der Waals surface area contributed by atoms with Gasteiger partial charge >= 0.3 is 5.97 Å². The number of phenolic OH excluding ortho intramolecular Hbond substituents is 1. The molecule has 3 nitrogen and oxygen atoms in total. The number of aliphatic carboxylic acids is 1. The predicted octanol–water partition coefficient (Wildman–Crippen LogP) is 6.11. The normalized spacial score (nSPS) is 12.5. The van der Waals surface area contributed by atoms with Crippen molar-refractivity contribution in [2.24, 2.45) is 5.92 Å². The van der Waals surface area contributed by atoms with Crippen molar-refractivity contribution in [2.75, 3.05) is 0 Å². The largest absolute Gasteiger partial charge is 0.508 e. The first-order valence-electron chi connectivity index (χ1n) is 9.81. The van der Waals surface area contributed by atoms with Crippen LogP contribution in [-0.4, -0.2) is 16.2 Å². The Morgan fingerprint density at radius 1 is 1.04 bits per heavy atom. The van der Waals surface area contributed by atoms with Crippen molar-refractivity contribution in [3.63, 3.8) is 0 Å². The zero-order chi connectivity index (χ0) is 18.3. The highest BCUT2D eigenvalue weighted by molar-refractivity contribution is 5.79. The number of aromatic hydroxyl groups is 1. The van der Waals surface area contributed by atoms with Crippen LogP contribution in [0.4, 0.5) is 0 Å². The Bertz CT molecular complexity index is 508. The lowest BCUT2D eigenvalue weighted by Crippen LogP contribution is -2.03. The van der Waals surface area contributed by atoms with E-state index in [1.54, 1.807) is 18.2 Å². The highest BCUT2D eigenvalue weighted by Crippen LogP contribution is 2.21. The predicted molar refractivity (Wildman–Crippen MR) is 104 cm³/mol. The molecule has 3 heteroatoms. The van der Waals surface area contributed by atoms with Crippen LogP contribution >= 0.6 is 0 Å².